The lowest BCUT2D eigenvalue weighted by Crippen LogP contribution is -2.50. The van der Waals surface area contributed by atoms with Crippen LogP contribution < -0.4 is 5.32 Å². The number of esters is 1. The third-order valence-electron chi connectivity index (χ3n) is 3.16. The van der Waals surface area contributed by atoms with E-state index in [2.05, 4.69) is 5.32 Å². The van der Waals surface area contributed by atoms with E-state index in [1.807, 2.05) is 13.8 Å². The molecule has 1 saturated carbocycles. The quantitative estimate of drug-likeness (QED) is 0.657. The molecule has 1 atom stereocenters. The number of carboxylic acid groups (broad SMARTS) is 1. The van der Waals surface area contributed by atoms with Gasteiger partial charge in [0.2, 0.25) is 0 Å². The van der Waals surface area contributed by atoms with Crippen molar-refractivity contribution >= 4 is 18.0 Å². The number of hydrogen-bond acceptors (Lipinski definition) is 4. The minimum Gasteiger partial charge on any atom is -0.480 e. The normalized spacial score (nSPS) is 15.4. The van der Waals surface area contributed by atoms with E-state index in [0.29, 0.717) is 6.42 Å². The molecule has 2 amide bonds. The van der Waals surface area contributed by atoms with E-state index in [-0.39, 0.29) is 25.1 Å². The van der Waals surface area contributed by atoms with E-state index in [1.54, 1.807) is 6.92 Å². The standard InChI is InChI=1S/C14H24N2O5/c1-4-21-12(17)8-16(10-5-6-10)14(20)15-11(13(18)19)7-9(2)3/h9-11H,4-8H2,1-3H3,(H,15,20)(H,18,19)/t11-/m1/s1. The van der Waals surface area contributed by atoms with Crippen LogP contribution in [0.2, 0.25) is 0 Å². The number of hydrogen-bond donors (Lipinski definition) is 2. The lowest BCUT2D eigenvalue weighted by molar-refractivity contribution is -0.143. The van der Waals surface area contributed by atoms with Crippen molar-refractivity contribution in [3.8, 4) is 0 Å². The molecule has 120 valence electrons. The number of ether oxygens (including phenoxy) is 1. The molecule has 0 aromatic carbocycles. The summed E-state index contributed by atoms with van der Waals surface area (Å²) in [6.07, 6.45) is 2.00. The number of nitrogens with zero attached hydrogens (tertiary/aromatic N) is 1. The maximum absolute atomic E-state index is 12.2. The molecule has 0 saturated heterocycles. The van der Waals surface area contributed by atoms with E-state index in [1.165, 1.54) is 4.90 Å². The maximum atomic E-state index is 12.2. The molecular formula is C14H24N2O5. The average Bonchev–Trinajstić information content (AvgIpc) is 3.18. The van der Waals surface area contributed by atoms with E-state index in [4.69, 9.17) is 9.84 Å². The Morgan fingerprint density at radius 1 is 1.33 bits per heavy atom. The van der Waals surface area contributed by atoms with Gasteiger partial charge in [0.1, 0.15) is 12.6 Å². The summed E-state index contributed by atoms with van der Waals surface area (Å²) in [7, 11) is 0. The third kappa shape index (κ3) is 6.01. The topological polar surface area (TPSA) is 95.9 Å². The number of rotatable bonds is 8. The molecule has 0 unspecified atom stereocenters. The van der Waals surface area contributed by atoms with E-state index in [0.717, 1.165) is 12.8 Å². The first-order chi connectivity index (χ1) is 9.85. The second-order valence-corrected chi connectivity index (χ2v) is 5.63. The van der Waals surface area contributed by atoms with Crippen molar-refractivity contribution in [1.29, 1.82) is 0 Å². The van der Waals surface area contributed by atoms with Crippen molar-refractivity contribution < 1.29 is 24.2 Å². The van der Waals surface area contributed by atoms with Gasteiger partial charge in [0.15, 0.2) is 0 Å². The van der Waals surface area contributed by atoms with Gasteiger partial charge in [-0.25, -0.2) is 9.59 Å². The molecule has 0 aliphatic heterocycles. The summed E-state index contributed by atoms with van der Waals surface area (Å²) in [5.41, 5.74) is 0. The van der Waals surface area contributed by atoms with Crippen molar-refractivity contribution in [3.63, 3.8) is 0 Å². The van der Waals surface area contributed by atoms with Crippen LogP contribution in [0.3, 0.4) is 0 Å². The molecule has 1 fully saturated rings. The summed E-state index contributed by atoms with van der Waals surface area (Å²) in [5, 5.41) is 11.6. The van der Waals surface area contributed by atoms with Crippen LogP contribution in [0.1, 0.15) is 40.0 Å². The fraction of sp³-hybridized carbons (Fsp3) is 0.786. The zero-order chi connectivity index (χ0) is 16.0. The van der Waals surface area contributed by atoms with Gasteiger partial charge in [0.25, 0.3) is 0 Å². The summed E-state index contributed by atoms with van der Waals surface area (Å²) in [4.78, 5) is 36.3. The Labute approximate surface area is 124 Å². The molecule has 0 heterocycles. The molecule has 1 aliphatic rings. The fourth-order valence-electron chi connectivity index (χ4n) is 2.02. The molecule has 1 rings (SSSR count). The van der Waals surface area contributed by atoms with Crippen LogP contribution in [0.15, 0.2) is 0 Å². The van der Waals surface area contributed by atoms with Crippen LogP contribution in [-0.4, -0.2) is 53.2 Å². The van der Waals surface area contributed by atoms with Crippen molar-refractivity contribution in [1.82, 2.24) is 10.2 Å². The highest BCUT2D eigenvalue weighted by Crippen LogP contribution is 2.26. The first-order valence-electron chi connectivity index (χ1n) is 7.30. The third-order valence-corrected chi connectivity index (χ3v) is 3.16. The summed E-state index contributed by atoms with van der Waals surface area (Å²) in [5.74, 6) is -1.40. The predicted octanol–water partition coefficient (Wildman–Crippen LogP) is 1.22. The highest BCUT2D eigenvalue weighted by Gasteiger charge is 2.35. The van der Waals surface area contributed by atoms with Crippen molar-refractivity contribution in [2.24, 2.45) is 5.92 Å². The van der Waals surface area contributed by atoms with Gasteiger partial charge in [-0.3, -0.25) is 4.79 Å². The zero-order valence-corrected chi connectivity index (χ0v) is 12.8. The SMILES string of the molecule is CCOC(=O)CN(C(=O)N[C@H](CC(C)C)C(=O)O)C1CC1. The van der Waals surface area contributed by atoms with Gasteiger partial charge in [-0.15, -0.1) is 0 Å². The average molecular weight is 300 g/mol. The number of amides is 2. The van der Waals surface area contributed by atoms with E-state index < -0.39 is 24.0 Å². The smallest absolute Gasteiger partial charge is 0.326 e. The Bertz CT molecular complexity index is 393. The van der Waals surface area contributed by atoms with Gasteiger partial charge >= 0.3 is 18.0 Å². The van der Waals surface area contributed by atoms with E-state index >= 15 is 0 Å². The van der Waals surface area contributed by atoms with Gasteiger partial charge in [-0.2, -0.15) is 0 Å². The second kappa shape index (κ2) is 7.85. The molecular weight excluding hydrogens is 276 g/mol. The first kappa shape index (κ1) is 17.3. The Kier molecular flexibility index (Phi) is 6.45. The summed E-state index contributed by atoms with van der Waals surface area (Å²) in [6, 6.07) is -1.46. The number of carboxylic acids is 1. The maximum Gasteiger partial charge on any atom is 0.326 e. The summed E-state index contributed by atoms with van der Waals surface area (Å²) >= 11 is 0. The van der Waals surface area contributed by atoms with Gasteiger partial charge in [-0.1, -0.05) is 13.8 Å². The van der Waals surface area contributed by atoms with Gasteiger partial charge in [0, 0.05) is 6.04 Å². The van der Waals surface area contributed by atoms with Crippen LogP contribution in [0.5, 0.6) is 0 Å². The van der Waals surface area contributed by atoms with Gasteiger partial charge in [0.05, 0.1) is 6.61 Å². The number of urea groups is 1. The number of carbonyl (C=O) groups excluding carboxylic acids is 2. The van der Waals surface area contributed by atoms with Crippen LogP contribution in [-0.2, 0) is 14.3 Å². The van der Waals surface area contributed by atoms with Crippen molar-refractivity contribution in [2.75, 3.05) is 13.2 Å². The van der Waals surface area contributed by atoms with Crippen LogP contribution in [0.4, 0.5) is 4.79 Å². The molecule has 0 aromatic rings. The van der Waals surface area contributed by atoms with Crippen LogP contribution in [0, 0.1) is 5.92 Å². The molecule has 7 heteroatoms. The monoisotopic (exact) mass is 300 g/mol. The highest BCUT2D eigenvalue weighted by molar-refractivity contribution is 5.85. The first-order valence-corrected chi connectivity index (χ1v) is 7.30. The predicted molar refractivity (Wildman–Crippen MR) is 75.8 cm³/mol. The second-order valence-electron chi connectivity index (χ2n) is 5.63. The minimum absolute atomic E-state index is 0.00269. The van der Waals surface area contributed by atoms with Crippen LogP contribution in [0.25, 0.3) is 0 Å². The molecule has 0 spiro atoms. The van der Waals surface area contributed by atoms with Gasteiger partial charge < -0.3 is 20.1 Å². The molecule has 0 bridgehead atoms. The summed E-state index contributed by atoms with van der Waals surface area (Å²) < 4.78 is 4.84. The zero-order valence-electron chi connectivity index (χ0n) is 12.8. The summed E-state index contributed by atoms with van der Waals surface area (Å²) in [6.45, 7) is 5.59. The number of carbonyl (C=O) groups is 3. The highest BCUT2D eigenvalue weighted by atomic mass is 16.5. The minimum atomic E-state index is -1.07. The largest absolute Gasteiger partial charge is 0.480 e. The van der Waals surface area contributed by atoms with E-state index in [9.17, 15) is 14.4 Å². The Morgan fingerprint density at radius 2 is 1.95 bits per heavy atom. The molecule has 21 heavy (non-hydrogen) atoms. The lowest BCUT2D eigenvalue weighted by Gasteiger charge is -2.24. The van der Waals surface area contributed by atoms with Crippen LogP contribution >= 0.6 is 0 Å². The lowest BCUT2D eigenvalue weighted by atomic mass is 10.0. The molecule has 0 aromatic heterocycles. The molecule has 7 nitrogen and oxygen atoms in total. The molecule has 0 radical (unpaired) electrons. The number of aliphatic carboxylic acids is 1. The Balaban J connectivity index is 2.63. The number of nitrogens with one attached hydrogen (secondary N) is 1. The Morgan fingerprint density at radius 3 is 2.38 bits per heavy atom. The van der Waals surface area contributed by atoms with Crippen molar-refractivity contribution in [3.05, 3.63) is 0 Å². The van der Waals surface area contributed by atoms with Crippen molar-refractivity contribution in [2.45, 2.75) is 52.1 Å². The molecule has 1 aliphatic carbocycles. The Hall–Kier alpha value is -1.79. The van der Waals surface area contributed by atoms with Gasteiger partial charge in [-0.05, 0) is 32.1 Å². The fourth-order valence-corrected chi connectivity index (χ4v) is 2.02. The molecule has 2 N–H and O–H groups in total.